The highest BCUT2D eigenvalue weighted by molar-refractivity contribution is 7.85. The van der Waals surface area contributed by atoms with Gasteiger partial charge in [0.1, 0.15) is 10.7 Å². The van der Waals surface area contributed by atoms with Gasteiger partial charge in [-0.1, -0.05) is 6.07 Å². The van der Waals surface area contributed by atoms with E-state index in [0.717, 1.165) is 74.8 Å². The Balaban J connectivity index is 1.13. The zero-order chi connectivity index (χ0) is 22.9. The molecule has 5 aliphatic rings. The molecule has 2 aromatic rings. The first kappa shape index (κ1) is 21.1. The third-order valence-electron chi connectivity index (χ3n) is 8.88. The predicted octanol–water partition coefficient (Wildman–Crippen LogP) is 2.53. The van der Waals surface area contributed by atoms with E-state index in [-0.39, 0.29) is 12.1 Å². The van der Waals surface area contributed by atoms with Gasteiger partial charge < -0.3 is 20.2 Å². The van der Waals surface area contributed by atoms with Crippen molar-refractivity contribution in [3.05, 3.63) is 35.0 Å². The smallest absolute Gasteiger partial charge is 0.227 e. The molecule has 8 heteroatoms. The normalized spacial score (nSPS) is 28.6. The van der Waals surface area contributed by atoms with Crippen LogP contribution in [0.25, 0.3) is 0 Å². The van der Waals surface area contributed by atoms with Crippen molar-refractivity contribution in [1.82, 2.24) is 9.97 Å². The van der Waals surface area contributed by atoms with Crippen LogP contribution in [-0.2, 0) is 30.1 Å². The molecule has 2 N–H and O–H groups in total. The van der Waals surface area contributed by atoms with Gasteiger partial charge >= 0.3 is 0 Å². The highest BCUT2D eigenvalue weighted by Gasteiger charge is 2.42. The Labute approximate surface area is 203 Å². The Morgan fingerprint density at radius 2 is 1.76 bits per heavy atom. The number of aliphatic hydroxyl groups excluding tert-OH is 1. The zero-order valence-electron chi connectivity index (χ0n) is 19.6. The second-order valence-electron chi connectivity index (χ2n) is 11.0. The largest absolute Gasteiger partial charge is 0.394 e. The molecule has 3 aliphatic heterocycles. The van der Waals surface area contributed by atoms with Crippen molar-refractivity contribution in [2.45, 2.75) is 55.4 Å². The summed E-state index contributed by atoms with van der Waals surface area (Å²) in [5, 5.41) is 13.5. The lowest BCUT2D eigenvalue weighted by atomic mass is 9.77. The van der Waals surface area contributed by atoms with E-state index in [4.69, 9.17) is 9.97 Å². The van der Waals surface area contributed by atoms with Crippen LogP contribution in [0.15, 0.2) is 23.1 Å². The number of hydrogen-bond donors (Lipinski definition) is 2. The number of benzene rings is 1. The summed E-state index contributed by atoms with van der Waals surface area (Å²) in [6.07, 6.45) is 7.18. The van der Waals surface area contributed by atoms with Crippen LogP contribution in [-0.4, -0.2) is 63.4 Å². The van der Waals surface area contributed by atoms with Crippen molar-refractivity contribution in [2.75, 3.05) is 53.7 Å². The molecule has 0 unspecified atom stereocenters. The van der Waals surface area contributed by atoms with Crippen molar-refractivity contribution in [3.8, 4) is 0 Å². The summed E-state index contributed by atoms with van der Waals surface area (Å²) in [5.74, 6) is 3.38. The van der Waals surface area contributed by atoms with Crippen molar-refractivity contribution in [2.24, 2.45) is 11.8 Å². The lowest BCUT2D eigenvalue weighted by Crippen LogP contribution is -2.49. The predicted molar refractivity (Wildman–Crippen MR) is 134 cm³/mol. The number of anilines is 3. The summed E-state index contributed by atoms with van der Waals surface area (Å²) in [6, 6.07) is 7.02. The van der Waals surface area contributed by atoms with Gasteiger partial charge in [-0.2, -0.15) is 4.98 Å². The summed E-state index contributed by atoms with van der Waals surface area (Å²) in [7, 11) is -1.07. The first-order chi connectivity index (χ1) is 16.6. The van der Waals surface area contributed by atoms with E-state index in [1.54, 1.807) is 0 Å². The number of aliphatic hydroxyl groups is 1. The molecule has 4 heterocycles. The van der Waals surface area contributed by atoms with Crippen LogP contribution in [0.2, 0.25) is 0 Å². The minimum atomic E-state index is -1.07. The molecular weight excluding hydrogens is 446 g/mol. The lowest BCUT2D eigenvalue weighted by molar-refractivity contribution is 0.143. The van der Waals surface area contributed by atoms with E-state index >= 15 is 0 Å². The van der Waals surface area contributed by atoms with Crippen molar-refractivity contribution in [1.29, 1.82) is 0 Å². The topological polar surface area (TPSA) is 81.6 Å². The molecule has 0 bridgehead atoms. The highest BCUT2D eigenvalue weighted by Crippen LogP contribution is 2.40. The minimum Gasteiger partial charge on any atom is -0.394 e. The molecule has 0 spiro atoms. The summed E-state index contributed by atoms with van der Waals surface area (Å²) in [5.41, 5.74) is 5.05. The van der Waals surface area contributed by atoms with Gasteiger partial charge in [0.25, 0.3) is 0 Å². The van der Waals surface area contributed by atoms with E-state index in [1.807, 2.05) is 0 Å². The molecule has 3 fully saturated rings. The average Bonchev–Trinajstić information content (AvgIpc) is 3.36. The van der Waals surface area contributed by atoms with E-state index in [2.05, 4.69) is 33.3 Å². The summed E-state index contributed by atoms with van der Waals surface area (Å²) < 4.78 is 12.9. The van der Waals surface area contributed by atoms with Crippen molar-refractivity contribution < 1.29 is 9.32 Å². The Hall–Kier alpha value is -2.19. The molecule has 2 saturated heterocycles. The highest BCUT2D eigenvalue weighted by atomic mass is 32.2. The van der Waals surface area contributed by atoms with Crippen LogP contribution in [0.3, 0.4) is 0 Å². The molecule has 1 aromatic carbocycles. The monoisotopic (exact) mass is 479 g/mol. The fourth-order valence-electron chi connectivity index (χ4n) is 6.51. The molecule has 180 valence electrons. The first-order valence-corrected chi connectivity index (χ1v) is 14.2. The lowest BCUT2D eigenvalue weighted by Gasteiger charge is -2.42. The van der Waals surface area contributed by atoms with Crippen LogP contribution in [0.4, 0.5) is 17.5 Å². The maximum atomic E-state index is 12.9. The van der Waals surface area contributed by atoms with Crippen LogP contribution in [0.5, 0.6) is 0 Å². The fourth-order valence-corrected chi connectivity index (χ4v) is 7.85. The van der Waals surface area contributed by atoms with E-state index in [9.17, 15) is 9.32 Å². The number of nitrogens with zero attached hydrogens (tertiary/aromatic N) is 4. The van der Waals surface area contributed by atoms with Gasteiger partial charge in [-0.25, -0.2) is 4.98 Å². The summed E-state index contributed by atoms with van der Waals surface area (Å²) in [6.45, 7) is 4.21. The number of fused-ring (bicyclic) bond motifs is 3. The maximum absolute atomic E-state index is 12.9. The molecule has 3 atom stereocenters. The Kier molecular flexibility index (Phi) is 4.92. The van der Waals surface area contributed by atoms with Gasteiger partial charge in [-0.15, -0.1) is 0 Å². The maximum Gasteiger partial charge on any atom is 0.227 e. The summed E-state index contributed by atoms with van der Waals surface area (Å²) >= 11 is 0. The molecule has 2 aliphatic carbocycles. The van der Waals surface area contributed by atoms with E-state index in [1.165, 1.54) is 29.7 Å². The number of nitrogens with one attached hydrogen (secondary N) is 1. The van der Waals surface area contributed by atoms with Gasteiger partial charge in [0.05, 0.1) is 28.6 Å². The average molecular weight is 480 g/mol. The quantitative estimate of drug-likeness (QED) is 0.682. The molecular formula is C26H33N5O2S. The molecule has 1 aromatic heterocycles. The van der Waals surface area contributed by atoms with Crippen LogP contribution in [0, 0.1) is 11.8 Å². The molecule has 1 saturated carbocycles. The van der Waals surface area contributed by atoms with E-state index in [0.29, 0.717) is 23.4 Å². The number of aromatic nitrogens is 2. The molecule has 7 nitrogen and oxygen atoms in total. The Morgan fingerprint density at radius 1 is 1.00 bits per heavy atom. The molecule has 0 amide bonds. The number of hydrogen-bond acceptors (Lipinski definition) is 7. The third-order valence-corrected chi connectivity index (χ3v) is 10.4. The van der Waals surface area contributed by atoms with Crippen LogP contribution >= 0.6 is 0 Å². The number of rotatable bonds is 5. The third kappa shape index (κ3) is 3.36. The van der Waals surface area contributed by atoms with Gasteiger partial charge in [0.15, 0.2) is 0 Å². The second-order valence-corrected chi connectivity index (χ2v) is 12.5. The van der Waals surface area contributed by atoms with Crippen molar-refractivity contribution in [3.63, 3.8) is 0 Å². The molecule has 7 rings (SSSR count). The molecule has 0 radical (unpaired) electrons. The fraction of sp³-hybridized carbons (Fsp3) is 0.615. The summed E-state index contributed by atoms with van der Waals surface area (Å²) in [4.78, 5) is 15.6. The van der Waals surface area contributed by atoms with Crippen LogP contribution in [0.1, 0.15) is 42.5 Å². The van der Waals surface area contributed by atoms with Gasteiger partial charge in [0.2, 0.25) is 5.95 Å². The first-order valence-electron chi connectivity index (χ1n) is 12.9. The van der Waals surface area contributed by atoms with Crippen LogP contribution < -0.4 is 15.1 Å². The van der Waals surface area contributed by atoms with Gasteiger partial charge in [-0.05, 0) is 68.2 Å². The number of aryl methyl sites for hydroxylation is 3. The van der Waals surface area contributed by atoms with Gasteiger partial charge in [-0.3, -0.25) is 4.21 Å². The molecule has 34 heavy (non-hydrogen) atoms. The minimum absolute atomic E-state index is 0.0835. The zero-order valence-corrected chi connectivity index (χ0v) is 20.4. The van der Waals surface area contributed by atoms with Crippen molar-refractivity contribution >= 4 is 28.3 Å². The Bertz CT molecular complexity index is 1150. The Morgan fingerprint density at radius 3 is 2.41 bits per heavy atom. The van der Waals surface area contributed by atoms with Gasteiger partial charge in [0, 0.05) is 49.5 Å². The standard InChI is InChI=1S/C26H33N5O2S/c32-16-26(8-2-9-26)29-24-23-22(3-1-10-34(23)33)27-25(28-24)31-14-19-12-30(13-20(19)15-31)21-7-6-17-4-5-18(17)11-21/h6-7,11,19-20,32H,1-5,8-10,12-16H2,(H,27,28,29)/t19-,20+,34-/m0/s1. The van der Waals surface area contributed by atoms with E-state index < -0.39 is 10.8 Å². The SMILES string of the molecule is O=[S@]1CCCc2nc(N3C[C@H]4CN(c5ccc6c(c5)CC6)C[C@H]4C3)nc(NC3(CO)CCC3)c21. The second kappa shape index (κ2) is 7.92.